The molecule has 78 heavy (non-hydrogen) atoms. The third kappa shape index (κ3) is 16.4. The number of likely N-dealkylation sites (tertiary alicyclic amines) is 2. The van der Waals surface area contributed by atoms with Crippen molar-refractivity contribution in [3.63, 3.8) is 0 Å². The Morgan fingerprint density at radius 1 is 0.564 bits per heavy atom. The Bertz CT molecular complexity index is 2830. The van der Waals surface area contributed by atoms with E-state index in [4.69, 9.17) is 42.1 Å². The first-order chi connectivity index (χ1) is 37.7. The molecule has 2 aliphatic heterocycles. The zero-order chi connectivity index (χ0) is 55.1. The third-order valence-electron chi connectivity index (χ3n) is 14.1. The number of fused-ring (bicyclic) bond motifs is 2. The van der Waals surface area contributed by atoms with Crippen LogP contribution in [0.2, 0.25) is 10.0 Å². The van der Waals surface area contributed by atoms with E-state index in [0.29, 0.717) is 163 Å². The normalized spacial score (nSPS) is 19.1. The van der Waals surface area contributed by atoms with Crippen molar-refractivity contribution in [1.82, 2.24) is 40.5 Å². The highest BCUT2D eigenvalue weighted by Crippen LogP contribution is 2.40. The van der Waals surface area contributed by atoms with Crippen LogP contribution in [-0.4, -0.2) is 143 Å². The van der Waals surface area contributed by atoms with Crippen LogP contribution in [0.1, 0.15) is 84.1 Å². The number of unbranched alkanes of at least 4 members (excludes halogenated alkanes) is 1. The zero-order valence-electron chi connectivity index (χ0n) is 43.2. The molecule has 0 spiro atoms. The summed E-state index contributed by atoms with van der Waals surface area (Å²) >= 11 is 12.5. The van der Waals surface area contributed by atoms with Crippen molar-refractivity contribution in [3.05, 3.63) is 116 Å². The van der Waals surface area contributed by atoms with Gasteiger partial charge in [-0.2, -0.15) is 10.5 Å². The van der Waals surface area contributed by atoms with Crippen LogP contribution >= 0.6 is 23.2 Å². The number of urea groups is 2. The molecule has 4 aromatic carbocycles. The van der Waals surface area contributed by atoms with Crippen LogP contribution in [0.3, 0.4) is 0 Å². The number of nitrogens with zero attached hydrogens (tertiary/aromatic N) is 4. The van der Waals surface area contributed by atoms with Gasteiger partial charge in [0.2, 0.25) is 20.0 Å². The summed E-state index contributed by atoms with van der Waals surface area (Å²) in [5, 5.41) is 31.0. The summed E-state index contributed by atoms with van der Waals surface area (Å²) in [7, 11) is -7.52. The molecule has 0 saturated carbocycles. The lowest BCUT2D eigenvalue weighted by Gasteiger charge is -2.18. The van der Waals surface area contributed by atoms with Gasteiger partial charge in [0.1, 0.15) is 23.7 Å². The summed E-state index contributed by atoms with van der Waals surface area (Å²) in [4.78, 5) is 29.0. The number of carbonyl (C=O) groups is 2. The number of rotatable bonds is 27. The summed E-state index contributed by atoms with van der Waals surface area (Å²) in [6.07, 6.45) is 4.93. The molecule has 0 radical (unpaired) electrons. The molecule has 0 aromatic heterocycles. The maximum atomic E-state index is 13.2. The Morgan fingerprint density at radius 3 is 1.36 bits per heavy atom. The molecule has 20 nitrogen and oxygen atoms in total. The SMILES string of the molecule is N#Cc1cc(Cl)cc2c1CC[C@H]2Oc1ccc(S(=O)(=O)N[C@@H]2CCN(CCOCCNC(=O)NCCCCNC(=O)NCCOCCN3CC[C@@H](NS(=O)(=O)c4ccc(O[C@@H]5CCc6c(C#N)cc(Cl)cc65)cc4)C3)C2)cc1. The molecule has 418 valence electrons. The Balaban J connectivity index is 0.586. The molecule has 2 fully saturated rings. The van der Waals surface area contributed by atoms with Crippen molar-refractivity contribution >= 4 is 55.3 Å². The van der Waals surface area contributed by atoms with Crippen LogP contribution in [0.4, 0.5) is 9.59 Å². The van der Waals surface area contributed by atoms with Gasteiger partial charge >= 0.3 is 12.1 Å². The van der Waals surface area contributed by atoms with Crippen molar-refractivity contribution in [2.45, 2.75) is 85.4 Å². The number of carbonyl (C=O) groups excluding carboxylic acids is 2. The molecular formula is C54H66Cl2N10O10S2. The molecule has 4 aromatic rings. The van der Waals surface area contributed by atoms with Gasteiger partial charge in [0.05, 0.1) is 59.5 Å². The molecule has 6 N–H and O–H groups in total. The second-order valence-corrected chi connectivity index (χ2v) is 23.9. The number of benzene rings is 4. The molecule has 4 aliphatic rings. The third-order valence-corrected chi connectivity index (χ3v) is 17.6. The number of halogens is 2. The van der Waals surface area contributed by atoms with Gasteiger partial charge in [-0.15, -0.1) is 0 Å². The summed E-state index contributed by atoms with van der Waals surface area (Å²) in [6.45, 7) is 6.84. The van der Waals surface area contributed by atoms with Crippen LogP contribution in [-0.2, 0) is 42.4 Å². The molecule has 0 bridgehead atoms. The number of ether oxygens (including phenoxy) is 4. The number of nitrogens with one attached hydrogen (secondary N) is 6. The first-order valence-electron chi connectivity index (χ1n) is 26.3. The van der Waals surface area contributed by atoms with Gasteiger partial charge in [0, 0.05) is 74.5 Å². The van der Waals surface area contributed by atoms with Crippen molar-refractivity contribution in [3.8, 4) is 23.6 Å². The zero-order valence-corrected chi connectivity index (χ0v) is 46.4. The summed E-state index contributed by atoms with van der Waals surface area (Å²) < 4.78 is 82.2. The summed E-state index contributed by atoms with van der Waals surface area (Å²) in [5.74, 6) is 1.06. The molecule has 8 rings (SSSR count). The van der Waals surface area contributed by atoms with E-state index in [1.165, 1.54) is 24.3 Å². The molecule has 4 amide bonds. The van der Waals surface area contributed by atoms with E-state index in [2.05, 4.69) is 52.6 Å². The smallest absolute Gasteiger partial charge is 0.314 e. The minimum absolute atomic E-state index is 0.146. The van der Waals surface area contributed by atoms with Crippen LogP contribution < -0.4 is 40.2 Å². The Hall–Kier alpha value is -5.76. The minimum Gasteiger partial charge on any atom is -0.486 e. The first kappa shape index (κ1) is 58.4. The van der Waals surface area contributed by atoms with Crippen molar-refractivity contribution in [2.75, 3.05) is 91.9 Å². The van der Waals surface area contributed by atoms with Gasteiger partial charge in [-0.3, -0.25) is 9.80 Å². The van der Waals surface area contributed by atoms with Gasteiger partial charge in [-0.25, -0.2) is 35.9 Å². The van der Waals surface area contributed by atoms with Crippen LogP contribution in [0.5, 0.6) is 11.5 Å². The highest BCUT2D eigenvalue weighted by molar-refractivity contribution is 7.89. The maximum Gasteiger partial charge on any atom is 0.314 e. The molecule has 24 heteroatoms. The Morgan fingerprint density at radius 2 is 0.962 bits per heavy atom. The van der Waals surface area contributed by atoms with Crippen molar-refractivity contribution in [2.24, 2.45) is 0 Å². The largest absolute Gasteiger partial charge is 0.486 e. The van der Waals surface area contributed by atoms with E-state index in [1.807, 2.05) is 12.1 Å². The number of amides is 4. The molecule has 2 aliphatic carbocycles. The van der Waals surface area contributed by atoms with Gasteiger partial charge in [0.25, 0.3) is 0 Å². The van der Waals surface area contributed by atoms with E-state index >= 15 is 0 Å². The fraction of sp³-hybridized carbons (Fsp3) is 0.481. The number of nitriles is 2. The van der Waals surface area contributed by atoms with E-state index in [9.17, 15) is 36.9 Å². The minimum atomic E-state index is -3.76. The number of hydrogen-bond donors (Lipinski definition) is 6. The average Bonchev–Trinajstić information content (AvgIpc) is 4.25. The lowest BCUT2D eigenvalue weighted by Crippen LogP contribution is -2.39. The Labute approximate surface area is 466 Å². The standard InChI is InChI=1S/C54H66Cl2N10O10S2/c55-39-29-37(33-57)47-11-13-51(49(47)31-39)75-43-3-7-45(8-4-43)77(69,70)63-41-15-21-65(35-41)23-27-73-25-19-61-53(67)59-17-1-2-18-60-54(68)62-20-26-74-28-24-66-22-16-42(36-66)64-78(71,72)46-9-5-44(6-10-46)76-52-14-12-48-38(34-58)30-40(56)32-50(48)52/h3-10,29-32,41-42,51-52,63-64H,1-2,11-28,35-36H2,(H2,59,61,67)(H2,60,62,68)/t41-,42-,51-,52-/m1/s1. The molecular weight excluding hydrogens is 1080 g/mol. The monoisotopic (exact) mass is 1150 g/mol. The Kier molecular flexibility index (Phi) is 20.9. The number of hydrogen-bond acceptors (Lipinski definition) is 14. The molecule has 4 atom stereocenters. The molecule has 2 saturated heterocycles. The second kappa shape index (κ2) is 27.9. The predicted molar refractivity (Wildman–Crippen MR) is 293 cm³/mol. The fourth-order valence-corrected chi connectivity index (χ4v) is 13.1. The lowest BCUT2D eigenvalue weighted by molar-refractivity contribution is 0.113. The van der Waals surface area contributed by atoms with E-state index in [-0.39, 0.29) is 46.1 Å². The average molecular weight is 1150 g/mol. The highest BCUT2D eigenvalue weighted by atomic mass is 35.5. The summed E-state index contributed by atoms with van der Waals surface area (Å²) in [6, 6.07) is 22.9. The fourth-order valence-electron chi connectivity index (χ4n) is 10.2. The molecule has 0 unspecified atom stereocenters. The van der Waals surface area contributed by atoms with Gasteiger partial charge in [0.15, 0.2) is 0 Å². The highest BCUT2D eigenvalue weighted by Gasteiger charge is 2.31. The molecule has 2 heterocycles. The first-order valence-corrected chi connectivity index (χ1v) is 30.0. The van der Waals surface area contributed by atoms with Crippen LogP contribution in [0, 0.1) is 22.7 Å². The van der Waals surface area contributed by atoms with Gasteiger partial charge in [-0.1, -0.05) is 23.2 Å². The van der Waals surface area contributed by atoms with Crippen LogP contribution in [0.15, 0.2) is 82.6 Å². The topological polar surface area (TPSA) is 266 Å². The van der Waals surface area contributed by atoms with Crippen LogP contribution in [0.25, 0.3) is 0 Å². The summed E-state index contributed by atoms with van der Waals surface area (Å²) in [5.41, 5.74) is 4.75. The van der Waals surface area contributed by atoms with E-state index < -0.39 is 20.0 Å². The number of sulfonamides is 2. The van der Waals surface area contributed by atoms with Crippen molar-refractivity contribution in [1.29, 1.82) is 10.5 Å². The van der Waals surface area contributed by atoms with Gasteiger partial charge in [-0.05, 0) is 160 Å². The van der Waals surface area contributed by atoms with E-state index in [1.54, 1.807) is 36.4 Å². The van der Waals surface area contributed by atoms with Gasteiger partial charge < -0.3 is 40.2 Å². The lowest BCUT2D eigenvalue weighted by atomic mass is 10.0. The maximum absolute atomic E-state index is 13.2. The second-order valence-electron chi connectivity index (χ2n) is 19.6. The quantitative estimate of drug-likeness (QED) is 0.0392. The van der Waals surface area contributed by atoms with E-state index in [0.717, 1.165) is 35.3 Å². The predicted octanol–water partition coefficient (Wildman–Crippen LogP) is 5.69. The van der Waals surface area contributed by atoms with Crippen molar-refractivity contribution < 1.29 is 45.4 Å².